The number of amides is 2. The molecular weight excluding hydrogens is 598 g/mol. The Balaban J connectivity index is 1.18. The second-order valence-corrected chi connectivity index (χ2v) is 10.9. The number of aromatic nitrogens is 3. The molecule has 2 saturated heterocycles. The van der Waals surface area contributed by atoms with Crippen molar-refractivity contribution in [2.24, 2.45) is 5.41 Å². The summed E-state index contributed by atoms with van der Waals surface area (Å²) >= 11 is 0. The Labute approximate surface area is 254 Å². The van der Waals surface area contributed by atoms with Gasteiger partial charge in [-0.2, -0.15) is 5.10 Å². The number of nitrogens with zero attached hydrogens (tertiary/aromatic N) is 3. The minimum absolute atomic E-state index is 0.0794. The summed E-state index contributed by atoms with van der Waals surface area (Å²) in [5.74, 6) is -4.39. The van der Waals surface area contributed by atoms with Crippen LogP contribution in [-0.4, -0.2) is 77.0 Å². The fourth-order valence-corrected chi connectivity index (χ4v) is 5.22. The van der Waals surface area contributed by atoms with Crippen LogP contribution in [0.25, 0.3) is 11.0 Å². The second-order valence-electron chi connectivity index (χ2n) is 10.9. The number of carbonyl (C=O) groups is 2. The van der Waals surface area contributed by atoms with Crippen molar-refractivity contribution in [3.63, 3.8) is 0 Å². The van der Waals surface area contributed by atoms with Crippen LogP contribution < -0.4 is 20.7 Å². The van der Waals surface area contributed by atoms with E-state index in [-0.39, 0.29) is 42.7 Å². The number of carbonyl (C=O) groups excluding carboxylic acids is 2. The van der Waals surface area contributed by atoms with Crippen LogP contribution in [0.3, 0.4) is 0 Å². The largest absolute Gasteiger partial charge is 0.453 e. The molecule has 2 aromatic carbocycles. The highest BCUT2D eigenvalue weighted by Crippen LogP contribution is 2.37. The first-order chi connectivity index (χ1) is 21.7. The number of hydrogen-bond donors (Lipinski definition) is 4. The smallest absolute Gasteiger partial charge is 0.244 e. The minimum Gasteiger partial charge on any atom is -0.453 e. The number of halogens is 4. The summed E-state index contributed by atoms with van der Waals surface area (Å²) in [6.45, 7) is 3.11. The summed E-state index contributed by atoms with van der Waals surface area (Å²) in [6.07, 6.45) is 0.770. The highest BCUT2D eigenvalue weighted by Gasteiger charge is 2.53. The molecule has 2 aliphatic rings. The summed E-state index contributed by atoms with van der Waals surface area (Å²) < 4.78 is 69.4. The summed E-state index contributed by atoms with van der Waals surface area (Å²) in [7, 11) is 0. The van der Waals surface area contributed by atoms with Crippen molar-refractivity contribution in [2.45, 2.75) is 25.6 Å². The Hall–Kier alpha value is -4.76. The zero-order valence-corrected chi connectivity index (χ0v) is 24.0. The van der Waals surface area contributed by atoms with Gasteiger partial charge >= 0.3 is 0 Å². The van der Waals surface area contributed by atoms with Gasteiger partial charge in [-0.1, -0.05) is 6.92 Å². The number of nitrogens with one attached hydrogen (secondary N) is 4. The normalized spacial score (nSPS) is 19.5. The van der Waals surface area contributed by atoms with Crippen molar-refractivity contribution < 1.29 is 36.6 Å². The number of alkyl halides is 1. The molecule has 45 heavy (non-hydrogen) atoms. The van der Waals surface area contributed by atoms with E-state index in [0.717, 1.165) is 30.8 Å². The Morgan fingerprint density at radius 3 is 2.51 bits per heavy atom. The van der Waals surface area contributed by atoms with Crippen molar-refractivity contribution in [1.82, 2.24) is 20.1 Å². The Kier molecular flexibility index (Phi) is 8.29. The average molecular weight is 628 g/mol. The van der Waals surface area contributed by atoms with E-state index in [1.54, 1.807) is 0 Å². The van der Waals surface area contributed by atoms with Crippen molar-refractivity contribution in [3.05, 3.63) is 66.1 Å². The molecule has 236 valence electrons. The highest BCUT2D eigenvalue weighted by molar-refractivity contribution is 6.15. The fourth-order valence-electron chi connectivity index (χ4n) is 5.22. The molecule has 4 N–H and O–H groups in total. The second kappa shape index (κ2) is 12.3. The third-order valence-electron chi connectivity index (χ3n) is 7.98. The molecule has 0 unspecified atom stereocenters. The van der Waals surface area contributed by atoms with Crippen molar-refractivity contribution >= 4 is 40.0 Å². The predicted octanol–water partition coefficient (Wildman–Crippen LogP) is 4.61. The molecule has 0 saturated carbocycles. The standard InChI is InChI=1S/C30H29F4N7O4/c1-2-41-10-8-21(20(34)13-41)37-27-25-23(7-9-35-26(25)39-40-27)45-24-12-18(32)22(11-19(24)33)38-29(43)30(14-44-15-30)28(42)36-17-5-3-16(31)4-6-17/h3-7,9,11-12,20-21H,2,8,10,13-15H2,1H3,(H,36,42)(H,38,43)(H2,35,37,39,40)/t20-,21+/m0/s1. The highest BCUT2D eigenvalue weighted by atomic mass is 19.1. The summed E-state index contributed by atoms with van der Waals surface area (Å²) in [5.41, 5.74) is -1.71. The molecule has 0 radical (unpaired) electrons. The van der Waals surface area contributed by atoms with Crippen LogP contribution in [0.1, 0.15) is 13.3 Å². The summed E-state index contributed by atoms with van der Waals surface area (Å²) in [6, 6.07) is 7.31. The molecule has 0 aliphatic carbocycles. The van der Waals surface area contributed by atoms with Gasteiger partial charge in [0, 0.05) is 43.2 Å². The molecule has 4 heterocycles. The number of pyridine rings is 1. The molecule has 15 heteroatoms. The molecule has 2 fully saturated rings. The van der Waals surface area contributed by atoms with Gasteiger partial charge in [-0.3, -0.25) is 14.7 Å². The number of rotatable bonds is 9. The Morgan fingerprint density at radius 2 is 1.82 bits per heavy atom. The number of ether oxygens (including phenoxy) is 2. The van der Waals surface area contributed by atoms with Gasteiger partial charge in [-0.05, 0) is 37.2 Å². The molecule has 11 nitrogen and oxygen atoms in total. The molecule has 0 spiro atoms. The number of hydrogen-bond acceptors (Lipinski definition) is 8. The third-order valence-corrected chi connectivity index (χ3v) is 7.98. The number of fused-ring (bicyclic) bond motifs is 1. The maximum absolute atomic E-state index is 15.3. The SMILES string of the molecule is CCN1CC[C@@H](Nc2n[nH]c3nccc(Oc4cc(F)c(NC(=O)C5(C(=O)Nc6ccc(F)cc6)COC5)cc4F)c23)[C@@H](F)C1. The molecular formula is C30H29F4N7O4. The lowest BCUT2D eigenvalue weighted by molar-refractivity contribution is -0.166. The Bertz CT molecular complexity index is 1730. The van der Waals surface area contributed by atoms with Gasteiger partial charge in [0.15, 0.2) is 34.3 Å². The first kappa shape index (κ1) is 30.3. The van der Waals surface area contributed by atoms with Crippen molar-refractivity contribution in [1.29, 1.82) is 0 Å². The van der Waals surface area contributed by atoms with Gasteiger partial charge in [0.1, 0.15) is 23.1 Å². The first-order valence-electron chi connectivity index (χ1n) is 14.3. The zero-order chi connectivity index (χ0) is 31.7. The van der Waals surface area contributed by atoms with E-state index in [2.05, 4.69) is 31.1 Å². The number of piperidine rings is 1. The molecule has 2 atom stereocenters. The van der Waals surface area contributed by atoms with Gasteiger partial charge in [0.25, 0.3) is 0 Å². The summed E-state index contributed by atoms with van der Waals surface area (Å²) in [5, 5.41) is 15.1. The molecule has 2 aliphatic heterocycles. The number of anilines is 3. The van der Waals surface area contributed by atoms with Crippen molar-refractivity contribution in [3.8, 4) is 11.5 Å². The number of benzene rings is 2. The number of aromatic amines is 1. The first-order valence-corrected chi connectivity index (χ1v) is 14.3. The van der Waals surface area contributed by atoms with Crippen LogP contribution in [-0.2, 0) is 14.3 Å². The van der Waals surface area contributed by atoms with Crippen molar-refractivity contribution in [2.75, 3.05) is 48.8 Å². The lowest BCUT2D eigenvalue weighted by atomic mass is 9.83. The zero-order valence-electron chi connectivity index (χ0n) is 24.0. The molecule has 4 aromatic rings. The predicted molar refractivity (Wildman–Crippen MR) is 156 cm³/mol. The van der Waals surface area contributed by atoms with E-state index in [9.17, 15) is 18.4 Å². The summed E-state index contributed by atoms with van der Waals surface area (Å²) in [4.78, 5) is 32.3. The number of likely N-dealkylation sites (tertiary alicyclic amines) is 1. The maximum Gasteiger partial charge on any atom is 0.244 e. The van der Waals surface area contributed by atoms with Gasteiger partial charge in [0.05, 0.1) is 24.9 Å². The van der Waals surface area contributed by atoms with E-state index >= 15 is 8.78 Å². The molecule has 0 bridgehead atoms. The van der Waals surface area contributed by atoms with Crippen LogP contribution in [0.15, 0.2) is 48.7 Å². The minimum atomic E-state index is -1.72. The molecule has 2 amide bonds. The van der Waals surface area contributed by atoms with Crippen LogP contribution in [0, 0.1) is 22.9 Å². The molecule has 6 rings (SSSR count). The van der Waals surface area contributed by atoms with Crippen LogP contribution in [0.5, 0.6) is 11.5 Å². The lowest BCUT2D eigenvalue weighted by Gasteiger charge is -2.38. The van der Waals surface area contributed by atoms with Gasteiger partial charge in [0.2, 0.25) is 11.8 Å². The van der Waals surface area contributed by atoms with Crippen LogP contribution in [0.4, 0.5) is 34.8 Å². The van der Waals surface area contributed by atoms with E-state index in [4.69, 9.17) is 9.47 Å². The lowest BCUT2D eigenvalue weighted by Crippen LogP contribution is -2.59. The topological polar surface area (TPSA) is 134 Å². The quantitative estimate of drug-likeness (QED) is 0.156. The number of H-pyrrole nitrogens is 1. The van der Waals surface area contributed by atoms with E-state index in [0.29, 0.717) is 18.4 Å². The van der Waals surface area contributed by atoms with E-state index in [1.807, 2.05) is 11.8 Å². The average Bonchev–Trinajstić information content (AvgIpc) is 3.41. The fraction of sp³-hybridized carbons (Fsp3) is 0.333. The van der Waals surface area contributed by atoms with E-state index in [1.165, 1.54) is 24.4 Å². The monoisotopic (exact) mass is 627 g/mol. The van der Waals surface area contributed by atoms with Gasteiger partial charge in [-0.25, -0.2) is 22.5 Å². The molecule has 2 aromatic heterocycles. The van der Waals surface area contributed by atoms with Gasteiger partial charge < -0.3 is 30.3 Å². The Morgan fingerprint density at radius 1 is 1.07 bits per heavy atom. The maximum atomic E-state index is 15.3. The van der Waals surface area contributed by atoms with Crippen LogP contribution >= 0.6 is 0 Å². The third kappa shape index (κ3) is 6.00. The van der Waals surface area contributed by atoms with Crippen LogP contribution in [0.2, 0.25) is 0 Å². The van der Waals surface area contributed by atoms with E-state index < -0.39 is 58.3 Å². The van der Waals surface area contributed by atoms with Gasteiger partial charge in [-0.15, -0.1) is 0 Å².